The van der Waals surface area contributed by atoms with Gasteiger partial charge in [0.1, 0.15) is 6.54 Å². The van der Waals surface area contributed by atoms with E-state index in [9.17, 15) is 9.59 Å². The Bertz CT molecular complexity index is 480. The van der Waals surface area contributed by atoms with Crippen LogP contribution >= 0.6 is 24.0 Å². The molecule has 1 aliphatic carbocycles. The van der Waals surface area contributed by atoms with Gasteiger partial charge in [-0.1, -0.05) is 13.3 Å². The normalized spacial score (nSPS) is 20.3. The highest BCUT2D eigenvalue weighted by Crippen LogP contribution is 2.32. The van der Waals surface area contributed by atoms with E-state index in [1.54, 1.807) is 14.1 Å². The number of carbonyl (C=O) groups excluding carboxylic acids is 2. The third-order valence-electron chi connectivity index (χ3n) is 4.48. The van der Waals surface area contributed by atoms with E-state index >= 15 is 0 Å². The maximum atomic E-state index is 12.0. The lowest BCUT2D eigenvalue weighted by atomic mass is 10.1. The highest BCUT2D eigenvalue weighted by molar-refractivity contribution is 14.0. The molecule has 2 rings (SSSR count). The van der Waals surface area contributed by atoms with E-state index in [0.29, 0.717) is 30.9 Å². The highest BCUT2D eigenvalue weighted by atomic mass is 127. The molecule has 25 heavy (non-hydrogen) atoms. The summed E-state index contributed by atoms with van der Waals surface area (Å²) in [5, 5.41) is 6.57. The zero-order valence-electron chi connectivity index (χ0n) is 15.6. The van der Waals surface area contributed by atoms with Crippen molar-refractivity contribution in [3.63, 3.8) is 0 Å². The molecule has 1 atom stereocenters. The molecule has 8 heteroatoms. The lowest BCUT2D eigenvalue weighted by molar-refractivity contribution is -0.128. The molecule has 7 nitrogen and oxygen atoms in total. The summed E-state index contributed by atoms with van der Waals surface area (Å²) in [6, 6.07) is 0.496. The van der Waals surface area contributed by atoms with Gasteiger partial charge in [-0.15, -0.1) is 24.0 Å². The zero-order valence-corrected chi connectivity index (χ0v) is 17.9. The number of halogens is 1. The second kappa shape index (κ2) is 10.8. The number of unbranched alkanes of at least 4 members (excludes halogenated alkanes) is 1. The summed E-state index contributed by atoms with van der Waals surface area (Å²) in [6.45, 7) is 4.65. The van der Waals surface area contributed by atoms with E-state index in [1.807, 2.05) is 4.90 Å². The van der Waals surface area contributed by atoms with Crippen LogP contribution in [0.3, 0.4) is 0 Å². The van der Waals surface area contributed by atoms with Crippen LogP contribution in [0.5, 0.6) is 0 Å². The van der Waals surface area contributed by atoms with Crippen molar-refractivity contribution >= 4 is 41.8 Å². The van der Waals surface area contributed by atoms with E-state index in [1.165, 1.54) is 4.90 Å². The summed E-state index contributed by atoms with van der Waals surface area (Å²) in [5.41, 5.74) is 0. The number of rotatable bonds is 8. The Morgan fingerprint density at radius 1 is 1.32 bits per heavy atom. The molecule has 2 fully saturated rings. The minimum Gasteiger partial charge on any atom is -0.356 e. The molecule has 0 spiro atoms. The van der Waals surface area contributed by atoms with Crippen molar-refractivity contribution in [1.29, 1.82) is 0 Å². The number of likely N-dealkylation sites (N-methyl/N-ethyl adjacent to an activating group) is 1. The summed E-state index contributed by atoms with van der Waals surface area (Å²) in [6.07, 6.45) is 5.08. The van der Waals surface area contributed by atoms with Crippen molar-refractivity contribution in [3.05, 3.63) is 0 Å². The van der Waals surface area contributed by atoms with Crippen LogP contribution in [0.2, 0.25) is 0 Å². The first-order valence-corrected chi connectivity index (χ1v) is 9.03. The van der Waals surface area contributed by atoms with Crippen molar-refractivity contribution in [3.8, 4) is 0 Å². The first-order chi connectivity index (χ1) is 11.5. The Morgan fingerprint density at radius 2 is 2.04 bits per heavy atom. The van der Waals surface area contributed by atoms with Gasteiger partial charge in [-0.05, 0) is 19.3 Å². The van der Waals surface area contributed by atoms with Gasteiger partial charge in [0.15, 0.2) is 5.96 Å². The second-order valence-electron chi connectivity index (χ2n) is 6.96. The number of nitrogens with one attached hydrogen (secondary N) is 2. The van der Waals surface area contributed by atoms with E-state index in [4.69, 9.17) is 0 Å². The first kappa shape index (κ1) is 22.0. The number of guanidine groups is 1. The van der Waals surface area contributed by atoms with Crippen LogP contribution in [0.4, 0.5) is 0 Å². The van der Waals surface area contributed by atoms with Crippen molar-refractivity contribution in [2.75, 3.05) is 40.3 Å². The van der Waals surface area contributed by atoms with E-state index in [2.05, 4.69) is 22.5 Å². The topological polar surface area (TPSA) is 77.0 Å². The quantitative estimate of drug-likeness (QED) is 0.243. The molecule has 2 N–H and O–H groups in total. The molecule has 1 unspecified atom stereocenters. The van der Waals surface area contributed by atoms with Gasteiger partial charge in [0.05, 0.1) is 0 Å². The third-order valence-corrected chi connectivity index (χ3v) is 4.48. The zero-order chi connectivity index (χ0) is 17.5. The molecular formula is C17H32IN5O2. The minimum atomic E-state index is -0.0254. The predicted molar refractivity (Wildman–Crippen MR) is 110 cm³/mol. The molecule has 2 amide bonds. The Balaban J connectivity index is 0.00000312. The standard InChI is InChI=1S/C17H31N5O2.HI/c1-4-5-8-18-17(20-11-16(24)21(2)3)19-10-13-9-15(23)22(12-13)14-6-7-14;/h13-14H,4-12H2,1-3H3,(H2,18,19,20);1H. The molecule has 0 aromatic carbocycles. The molecule has 1 aliphatic heterocycles. The number of aliphatic imine (C=N–C) groups is 1. The molecular weight excluding hydrogens is 433 g/mol. The third kappa shape index (κ3) is 7.37. The minimum absolute atomic E-state index is 0. The number of hydrogen-bond acceptors (Lipinski definition) is 3. The molecule has 144 valence electrons. The SMILES string of the molecule is CCCCNC(=NCC(=O)N(C)C)NCC1CC(=O)N(C2CC2)C1.I. The Hall–Kier alpha value is -1.06. The van der Waals surface area contributed by atoms with Crippen molar-refractivity contribution in [2.45, 2.75) is 45.1 Å². The lowest BCUT2D eigenvalue weighted by Crippen LogP contribution is -2.41. The van der Waals surface area contributed by atoms with E-state index < -0.39 is 0 Å². The van der Waals surface area contributed by atoms with Crippen LogP contribution < -0.4 is 10.6 Å². The van der Waals surface area contributed by atoms with E-state index in [0.717, 1.165) is 38.8 Å². The fourth-order valence-corrected chi connectivity index (χ4v) is 2.77. The predicted octanol–water partition coefficient (Wildman–Crippen LogP) is 1.04. The van der Waals surface area contributed by atoms with E-state index in [-0.39, 0.29) is 42.3 Å². The van der Waals surface area contributed by atoms with Crippen LogP contribution in [0.1, 0.15) is 39.0 Å². The summed E-state index contributed by atoms with van der Waals surface area (Å²) in [4.78, 5) is 31.7. The molecule has 2 aliphatic rings. The summed E-state index contributed by atoms with van der Waals surface area (Å²) < 4.78 is 0. The fourth-order valence-electron chi connectivity index (χ4n) is 2.77. The first-order valence-electron chi connectivity index (χ1n) is 9.03. The van der Waals surface area contributed by atoms with Crippen LogP contribution in [0.25, 0.3) is 0 Å². The molecule has 0 bridgehead atoms. The van der Waals surface area contributed by atoms with Gasteiger partial charge >= 0.3 is 0 Å². The van der Waals surface area contributed by atoms with Crippen LogP contribution in [0.15, 0.2) is 4.99 Å². The number of nitrogens with zero attached hydrogens (tertiary/aromatic N) is 3. The smallest absolute Gasteiger partial charge is 0.243 e. The molecule has 1 heterocycles. The average Bonchev–Trinajstić information content (AvgIpc) is 3.32. The lowest BCUT2D eigenvalue weighted by Gasteiger charge is -2.17. The Kier molecular flexibility index (Phi) is 9.52. The van der Waals surface area contributed by atoms with Gasteiger partial charge in [-0.25, -0.2) is 4.99 Å². The number of amides is 2. The van der Waals surface area contributed by atoms with Crippen molar-refractivity contribution in [1.82, 2.24) is 20.4 Å². The molecule has 0 aromatic rings. The van der Waals surface area contributed by atoms with Crippen LogP contribution in [-0.2, 0) is 9.59 Å². The Labute approximate surface area is 168 Å². The van der Waals surface area contributed by atoms with Gasteiger partial charge in [-0.3, -0.25) is 9.59 Å². The van der Waals surface area contributed by atoms with Gasteiger partial charge in [0.25, 0.3) is 0 Å². The van der Waals surface area contributed by atoms with Gasteiger partial charge in [0.2, 0.25) is 11.8 Å². The largest absolute Gasteiger partial charge is 0.356 e. The van der Waals surface area contributed by atoms with Gasteiger partial charge < -0.3 is 20.4 Å². The highest BCUT2D eigenvalue weighted by Gasteiger charge is 2.39. The van der Waals surface area contributed by atoms with Gasteiger partial charge in [0, 0.05) is 52.1 Å². The molecule has 1 saturated carbocycles. The number of hydrogen-bond donors (Lipinski definition) is 2. The van der Waals surface area contributed by atoms with Crippen molar-refractivity contribution < 1.29 is 9.59 Å². The maximum absolute atomic E-state index is 12.0. The average molecular weight is 465 g/mol. The molecule has 0 aromatic heterocycles. The summed E-state index contributed by atoms with van der Waals surface area (Å²) in [5.74, 6) is 1.24. The van der Waals surface area contributed by atoms with Crippen molar-refractivity contribution in [2.24, 2.45) is 10.9 Å². The Morgan fingerprint density at radius 3 is 2.64 bits per heavy atom. The summed E-state index contributed by atoms with van der Waals surface area (Å²) in [7, 11) is 3.46. The maximum Gasteiger partial charge on any atom is 0.243 e. The molecule has 1 saturated heterocycles. The fraction of sp³-hybridized carbons (Fsp3) is 0.824. The van der Waals surface area contributed by atoms with Crippen LogP contribution in [-0.4, -0.2) is 73.9 Å². The molecule has 0 radical (unpaired) electrons. The second-order valence-corrected chi connectivity index (χ2v) is 6.96. The monoisotopic (exact) mass is 465 g/mol. The number of likely N-dealkylation sites (tertiary alicyclic amines) is 1. The number of carbonyl (C=O) groups is 2. The summed E-state index contributed by atoms with van der Waals surface area (Å²) >= 11 is 0. The van der Waals surface area contributed by atoms with Gasteiger partial charge in [-0.2, -0.15) is 0 Å². The van der Waals surface area contributed by atoms with Crippen LogP contribution in [0, 0.1) is 5.92 Å².